The van der Waals surface area contributed by atoms with Crippen molar-refractivity contribution in [1.29, 1.82) is 0 Å². The molecule has 33 heavy (non-hydrogen) atoms. The molecule has 0 aliphatic carbocycles. The van der Waals surface area contributed by atoms with E-state index in [-0.39, 0.29) is 0 Å². The molecule has 0 spiro atoms. The van der Waals surface area contributed by atoms with Gasteiger partial charge in [-0.15, -0.1) is 0 Å². The zero-order valence-corrected chi connectivity index (χ0v) is 23.3. The van der Waals surface area contributed by atoms with E-state index < -0.39 is 0 Å². The van der Waals surface area contributed by atoms with E-state index in [4.69, 9.17) is 4.74 Å². The van der Waals surface area contributed by atoms with Crippen LogP contribution >= 0.6 is 0 Å². The molecule has 2 aromatic carbocycles. The summed E-state index contributed by atoms with van der Waals surface area (Å²) in [6.45, 7) is 23.3. The van der Waals surface area contributed by atoms with Crippen molar-refractivity contribution in [2.24, 2.45) is 22.7 Å². The quantitative estimate of drug-likeness (QED) is 0.350. The van der Waals surface area contributed by atoms with Crippen LogP contribution in [0.5, 0.6) is 11.5 Å². The Labute approximate surface area is 205 Å². The third-order valence-electron chi connectivity index (χ3n) is 6.65. The number of ether oxygens (including phenoxy) is 1. The summed E-state index contributed by atoms with van der Waals surface area (Å²) in [7, 11) is 0. The summed E-state index contributed by atoms with van der Waals surface area (Å²) in [6.07, 6.45) is 7.05. The second kappa shape index (κ2) is 11.6. The van der Waals surface area contributed by atoms with Crippen LogP contribution in [0.1, 0.15) is 103 Å². The maximum absolute atomic E-state index is 6.67. The maximum Gasteiger partial charge on any atom is 0.130 e. The van der Waals surface area contributed by atoms with Crippen LogP contribution in [0.4, 0.5) is 0 Å². The molecule has 0 heterocycles. The molecule has 0 N–H and O–H groups in total. The molecule has 0 fully saturated rings. The minimum atomic E-state index is 0.380. The van der Waals surface area contributed by atoms with Crippen LogP contribution < -0.4 is 4.74 Å². The van der Waals surface area contributed by atoms with E-state index in [1.165, 1.54) is 47.9 Å². The molecule has 0 aliphatic heterocycles. The van der Waals surface area contributed by atoms with Gasteiger partial charge in [-0.2, -0.15) is 0 Å². The Bertz CT molecular complexity index is 805. The average molecular weight is 451 g/mol. The molecule has 184 valence electrons. The molecule has 2 rings (SSSR count). The number of rotatable bonds is 10. The average Bonchev–Trinajstić information content (AvgIpc) is 2.64. The number of hydrogen-bond acceptors (Lipinski definition) is 1. The molecule has 2 unspecified atom stereocenters. The third-order valence-corrected chi connectivity index (χ3v) is 6.65. The van der Waals surface area contributed by atoms with Crippen molar-refractivity contribution in [3.8, 4) is 11.5 Å². The molecule has 0 bridgehead atoms. The van der Waals surface area contributed by atoms with Crippen molar-refractivity contribution in [3.05, 3.63) is 58.7 Å². The molecule has 1 nitrogen and oxygen atoms in total. The van der Waals surface area contributed by atoms with Crippen molar-refractivity contribution in [2.75, 3.05) is 0 Å². The fourth-order valence-corrected chi connectivity index (χ4v) is 5.38. The Morgan fingerprint density at radius 2 is 1.00 bits per heavy atom. The van der Waals surface area contributed by atoms with E-state index in [2.05, 4.69) is 106 Å². The van der Waals surface area contributed by atoms with Crippen LogP contribution in [0.2, 0.25) is 0 Å². The predicted molar refractivity (Wildman–Crippen MR) is 146 cm³/mol. The zero-order chi connectivity index (χ0) is 24.8. The van der Waals surface area contributed by atoms with Crippen LogP contribution in [0.15, 0.2) is 36.4 Å². The molecule has 0 radical (unpaired) electrons. The molecular formula is C32H50O. The maximum atomic E-state index is 6.67. The predicted octanol–water partition coefficient (Wildman–Crippen LogP) is 10.1. The summed E-state index contributed by atoms with van der Waals surface area (Å²) in [6, 6.07) is 13.0. The smallest absolute Gasteiger partial charge is 0.130 e. The highest BCUT2D eigenvalue weighted by molar-refractivity contribution is 5.46. The highest BCUT2D eigenvalue weighted by Crippen LogP contribution is 2.35. The van der Waals surface area contributed by atoms with E-state index in [9.17, 15) is 0 Å². The van der Waals surface area contributed by atoms with Gasteiger partial charge in [0.15, 0.2) is 0 Å². The summed E-state index contributed by atoms with van der Waals surface area (Å²) < 4.78 is 6.67. The van der Waals surface area contributed by atoms with Crippen molar-refractivity contribution >= 4 is 0 Å². The highest BCUT2D eigenvalue weighted by atomic mass is 16.5. The Kier molecular flexibility index (Phi) is 9.65. The monoisotopic (exact) mass is 450 g/mol. The van der Waals surface area contributed by atoms with E-state index >= 15 is 0 Å². The molecule has 2 aromatic rings. The van der Waals surface area contributed by atoms with Gasteiger partial charge in [-0.25, -0.2) is 0 Å². The number of hydrogen-bond donors (Lipinski definition) is 0. The van der Waals surface area contributed by atoms with Crippen LogP contribution in [0.3, 0.4) is 0 Å². The van der Waals surface area contributed by atoms with Gasteiger partial charge in [0.1, 0.15) is 11.5 Å². The summed E-state index contributed by atoms with van der Waals surface area (Å²) in [4.78, 5) is 0. The molecule has 0 amide bonds. The van der Waals surface area contributed by atoms with Gasteiger partial charge in [0.2, 0.25) is 0 Å². The molecule has 1 heteroatoms. The van der Waals surface area contributed by atoms with Gasteiger partial charge in [-0.1, -0.05) is 79.7 Å². The Hall–Kier alpha value is -1.76. The minimum absolute atomic E-state index is 0.380. The molecular weight excluding hydrogens is 400 g/mol. The Morgan fingerprint density at radius 1 is 0.636 bits per heavy atom. The molecule has 0 saturated carbocycles. The zero-order valence-electron chi connectivity index (χ0n) is 23.3. The van der Waals surface area contributed by atoms with Gasteiger partial charge < -0.3 is 4.74 Å². The fourth-order valence-electron chi connectivity index (χ4n) is 5.38. The van der Waals surface area contributed by atoms with Crippen LogP contribution in [-0.4, -0.2) is 0 Å². The summed E-state index contributed by atoms with van der Waals surface area (Å²) in [5.74, 6) is 3.48. The lowest BCUT2D eigenvalue weighted by molar-refractivity contribution is 0.296. The molecule has 0 saturated heterocycles. The number of benzene rings is 2. The number of aryl methyl sites for hydroxylation is 2. The summed E-state index contributed by atoms with van der Waals surface area (Å²) in [5, 5.41) is 0. The van der Waals surface area contributed by atoms with Gasteiger partial charge in [0.25, 0.3) is 0 Å². The Balaban J connectivity index is 2.19. The first-order valence-electron chi connectivity index (χ1n) is 13.1. The fraction of sp³-hybridized carbons (Fsp3) is 0.625. The lowest BCUT2D eigenvalue weighted by Crippen LogP contribution is -2.12. The largest absolute Gasteiger partial charge is 0.457 e. The van der Waals surface area contributed by atoms with Crippen molar-refractivity contribution in [2.45, 2.75) is 108 Å². The molecule has 2 atom stereocenters. The van der Waals surface area contributed by atoms with E-state index in [1.807, 2.05) is 0 Å². The van der Waals surface area contributed by atoms with Gasteiger partial charge in [-0.3, -0.25) is 0 Å². The SMILES string of the molecule is Cc1cccc(Oc2cccc(C)c2CCC(C)CC(C)(C)C)c1CCC(C)CC(C)(C)C. The first kappa shape index (κ1) is 27.5. The first-order chi connectivity index (χ1) is 15.2. The first-order valence-corrected chi connectivity index (χ1v) is 13.1. The lowest BCUT2D eigenvalue weighted by Gasteiger charge is -2.24. The van der Waals surface area contributed by atoms with Crippen LogP contribution in [-0.2, 0) is 12.8 Å². The third kappa shape index (κ3) is 9.55. The lowest BCUT2D eigenvalue weighted by atomic mass is 9.83. The second-order valence-electron chi connectivity index (χ2n) is 13.0. The highest BCUT2D eigenvalue weighted by Gasteiger charge is 2.19. The topological polar surface area (TPSA) is 9.23 Å². The van der Waals surface area contributed by atoms with Crippen molar-refractivity contribution in [1.82, 2.24) is 0 Å². The minimum Gasteiger partial charge on any atom is -0.457 e. The van der Waals surface area contributed by atoms with Crippen LogP contribution in [0.25, 0.3) is 0 Å². The molecule has 0 aromatic heterocycles. The summed E-state index contributed by atoms with van der Waals surface area (Å²) in [5.41, 5.74) is 6.17. The van der Waals surface area contributed by atoms with Gasteiger partial charge in [0.05, 0.1) is 0 Å². The van der Waals surface area contributed by atoms with Gasteiger partial charge in [0, 0.05) is 0 Å². The van der Waals surface area contributed by atoms with Crippen molar-refractivity contribution in [3.63, 3.8) is 0 Å². The van der Waals surface area contributed by atoms with Gasteiger partial charge in [-0.05, 0) is 109 Å². The van der Waals surface area contributed by atoms with E-state index in [0.717, 1.165) is 24.3 Å². The van der Waals surface area contributed by atoms with Crippen molar-refractivity contribution < 1.29 is 4.74 Å². The van der Waals surface area contributed by atoms with E-state index in [1.54, 1.807) is 0 Å². The normalized spacial score (nSPS) is 14.2. The standard InChI is InChI=1S/C32H50O/c1-23(21-31(5,6)7)17-19-27-25(3)13-11-15-29(27)33-30-16-12-14-26(4)28(30)20-18-24(2)22-32(8,9)10/h11-16,23-24H,17-22H2,1-10H3. The van der Waals surface area contributed by atoms with Crippen LogP contribution in [0, 0.1) is 36.5 Å². The summed E-state index contributed by atoms with van der Waals surface area (Å²) >= 11 is 0. The molecule has 0 aliphatic rings. The van der Waals surface area contributed by atoms with E-state index in [0.29, 0.717) is 22.7 Å². The van der Waals surface area contributed by atoms with Gasteiger partial charge >= 0.3 is 0 Å². The Morgan fingerprint density at radius 3 is 1.33 bits per heavy atom. The second-order valence-corrected chi connectivity index (χ2v) is 13.0.